The minimum absolute atomic E-state index is 0.152. The number of thiazole rings is 1. The third-order valence-electron chi connectivity index (χ3n) is 3.83. The molecule has 3 rings (SSSR count). The first-order valence-corrected chi connectivity index (χ1v) is 9.28. The summed E-state index contributed by atoms with van der Waals surface area (Å²) in [6.07, 6.45) is 1.99. The Morgan fingerprint density at radius 1 is 1.35 bits per heavy atom. The monoisotopic (exact) mass is 316 g/mol. The summed E-state index contributed by atoms with van der Waals surface area (Å²) in [5.74, 6) is -0.934. The average Bonchev–Trinajstić information content (AvgIpc) is 2.87. The second-order valence-electron chi connectivity index (χ2n) is 5.23. The number of sulfone groups is 1. The van der Waals surface area contributed by atoms with Gasteiger partial charge in [-0.1, -0.05) is 0 Å². The zero-order valence-corrected chi connectivity index (χ0v) is 12.5. The van der Waals surface area contributed by atoms with Gasteiger partial charge in [-0.15, -0.1) is 11.3 Å². The standard InChI is InChI=1S/C12H16N2O4S2/c15-11(16)8-2-3-9-10(8)13-12(19-9)14-4-1-6-20(17,18)7-5-14/h8H,1-7H2,(H,15,16). The molecule has 6 nitrogen and oxygen atoms in total. The number of nitrogens with zero attached hydrogens (tertiary/aromatic N) is 2. The van der Waals surface area contributed by atoms with Crippen LogP contribution in [0.25, 0.3) is 0 Å². The Morgan fingerprint density at radius 3 is 2.90 bits per heavy atom. The van der Waals surface area contributed by atoms with Gasteiger partial charge in [0.25, 0.3) is 0 Å². The highest BCUT2D eigenvalue weighted by atomic mass is 32.2. The lowest BCUT2D eigenvalue weighted by atomic mass is 10.1. The van der Waals surface area contributed by atoms with Crippen LogP contribution in [-0.2, 0) is 21.1 Å². The first-order valence-electron chi connectivity index (χ1n) is 6.64. The van der Waals surface area contributed by atoms with Crippen molar-refractivity contribution in [2.45, 2.75) is 25.2 Å². The zero-order valence-electron chi connectivity index (χ0n) is 10.9. The van der Waals surface area contributed by atoms with E-state index in [0.29, 0.717) is 31.6 Å². The van der Waals surface area contributed by atoms with Gasteiger partial charge in [0.2, 0.25) is 0 Å². The SMILES string of the molecule is O=C(O)C1CCc2sc(N3CCCS(=O)(=O)CC3)nc21. The van der Waals surface area contributed by atoms with E-state index in [2.05, 4.69) is 4.98 Å². The van der Waals surface area contributed by atoms with Crippen LogP contribution >= 0.6 is 11.3 Å². The van der Waals surface area contributed by atoms with Crippen molar-refractivity contribution in [3.8, 4) is 0 Å². The normalized spacial score (nSPS) is 25.2. The van der Waals surface area contributed by atoms with Gasteiger partial charge in [0, 0.05) is 18.0 Å². The molecule has 2 aliphatic rings. The molecule has 1 aromatic heterocycles. The van der Waals surface area contributed by atoms with Crippen LogP contribution in [0.1, 0.15) is 29.3 Å². The smallest absolute Gasteiger partial charge is 0.312 e. The lowest BCUT2D eigenvalue weighted by molar-refractivity contribution is -0.138. The molecule has 1 aliphatic heterocycles. The number of fused-ring (bicyclic) bond motifs is 1. The number of aromatic nitrogens is 1. The van der Waals surface area contributed by atoms with E-state index in [4.69, 9.17) is 5.11 Å². The molecule has 1 fully saturated rings. The maximum Gasteiger partial charge on any atom is 0.312 e. The molecule has 0 radical (unpaired) electrons. The summed E-state index contributed by atoms with van der Waals surface area (Å²) in [6.45, 7) is 1.12. The van der Waals surface area contributed by atoms with Gasteiger partial charge in [0.05, 0.1) is 17.2 Å². The molecule has 8 heteroatoms. The minimum atomic E-state index is -2.94. The van der Waals surface area contributed by atoms with E-state index in [1.165, 1.54) is 11.3 Å². The summed E-state index contributed by atoms with van der Waals surface area (Å²) in [5, 5.41) is 9.94. The molecule has 20 heavy (non-hydrogen) atoms. The van der Waals surface area contributed by atoms with Crippen molar-refractivity contribution in [3.63, 3.8) is 0 Å². The largest absolute Gasteiger partial charge is 0.481 e. The van der Waals surface area contributed by atoms with Gasteiger partial charge in [0.15, 0.2) is 15.0 Å². The van der Waals surface area contributed by atoms with Gasteiger partial charge >= 0.3 is 5.97 Å². The van der Waals surface area contributed by atoms with Gasteiger partial charge in [-0.05, 0) is 19.3 Å². The molecule has 1 saturated heterocycles. The molecule has 0 aromatic carbocycles. The molecule has 110 valence electrons. The van der Waals surface area contributed by atoms with Crippen molar-refractivity contribution in [2.24, 2.45) is 0 Å². The molecular weight excluding hydrogens is 300 g/mol. The molecule has 1 atom stereocenters. The fourth-order valence-corrected chi connectivity index (χ4v) is 5.18. The Bertz CT molecular complexity index is 638. The summed E-state index contributed by atoms with van der Waals surface area (Å²) < 4.78 is 23.2. The molecule has 0 bridgehead atoms. The number of carboxylic acid groups (broad SMARTS) is 1. The van der Waals surface area contributed by atoms with Crippen molar-refractivity contribution < 1.29 is 18.3 Å². The maximum atomic E-state index is 11.6. The first-order chi connectivity index (χ1) is 9.46. The average molecular weight is 316 g/mol. The number of hydrogen-bond donors (Lipinski definition) is 1. The van der Waals surface area contributed by atoms with Crippen molar-refractivity contribution in [2.75, 3.05) is 29.5 Å². The van der Waals surface area contributed by atoms with Crippen LogP contribution in [0.2, 0.25) is 0 Å². The van der Waals surface area contributed by atoms with Gasteiger partial charge < -0.3 is 10.0 Å². The molecule has 1 aliphatic carbocycles. The number of anilines is 1. The molecular formula is C12H16N2O4S2. The van der Waals surface area contributed by atoms with E-state index in [0.717, 1.165) is 16.4 Å². The minimum Gasteiger partial charge on any atom is -0.481 e. The summed E-state index contributed by atoms with van der Waals surface area (Å²) in [7, 11) is -2.94. The van der Waals surface area contributed by atoms with Crippen molar-refractivity contribution in [1.82, 2.24) is 4.98 Å². The van der Waals surface area contributed by atoms with Crippen LogP contribution in [-0.4, -0.2) is 49.1 Å². The number of rotatable bonds is 2. The fourth-order valence-electron chi connectivity index (χ4n) is 2.72. The topological polar surface area (TPSA) is 87.6 Å². The summed E-state index contributed by atoms with van der Waals surface area (Å²) >= 11 is 1.52. The van der Waals surface area contributed by atoms with Crippen molar-refractivity contribution in [1.29, 1.82) is 0 Å². The number of hydrogen-bond acceptors (Lipinski definition) is 6. The van der Waals surface area contributed by atoms with Crippen LogP contribution in [0.3, 0.4) is 0 Å². The van der Waals surface area contributed by atoms with Gasteiger partial charge in [0.1, 0.15) is 5.92 Å². The number of carbonyl (C=O) groups is 1. The summed E-state index contributed by atoms with van der Waals surface area (Å²) in [5.41, 5.74) is 0.685. The van der Waals surface area contributed by atoms with E-state index in [-0.39, 0.29) is 11.5 Å². The van der Waals surface area contributed by atoms with E-state index < -0.39 is 21.7 Å². The number of aryl methyl sites for hydroxylation is 1. The second kappa shape index (κ2) is 5.00. The van der Waals surface area contributed by atoms with E-state index in [1.807, 2.05) is 4.90 Å². The van der Waals surface area contributed by atoms with Crippen LogP contribution in [0.4, 0.5) is 5.13 Å². The van der Waals surface area contributed by atoms with Crippen LogP contribution in [0.5, 0.6) is 0 Å². The van der Waals surface area contributed by atoms with Gasteiger partial charge in [-0.25, -0.2) is 13.4 Å². The Balaban J connectivity index is 1.82. The third-order valence-corrected chi connectivity index (χ3v) is 6.74. The maximum absolute atomic E-state index is 11.6. The predicted octanol–water partition coefficient (Wildman–Crippen LogP) is 0.882. The molecule has 0 saturated carbocycles. The Morgan fingerprint density at radius 2 is 2.15 bits per heavy atom. The third kappa shape index (κ3) is 2.54. The molecule has 0 amide bonds. The molecule has 2 heterocycles. The van der Waals surface area contributed by atoms with Gasteiger partial charge in [-0.3, -0.25) is 4.79 Å². The Hall–Kier alpha value is -1.15. The summed E-state index contributed by atoms with van der Waals surface area (Å²) in [4.78, 5) is 18.7. The van der Waals surface area contributed by atoms with Gasteiger partial charge in [-0.2, -0.15) is 0 Å². The van der Waals surface area contributed by atoms with E-state index in [1.54, 1.807) is 0 Å². The van der Waals surface area contributed by atoms with Crippen molar-refractivity contribution >= 4 is 32.3 Å². The highest BCUT2D eigenvalue weighted by molar-refractivity contribution is 7.91. The quantitative estimate of drug-likeness (QED) is 0.871. The van der Waals surface area contributed by atoms with E-state index in [9.17, 15) is 13.2 Å². The Kier molecular flexibility index (Phi) is 3.45. The summed E-state index contributed by atoms with van der Waals surface area (Å²) in [6, 6.07) is 0. The predicted molar refractivity (Wildman–Crippen MR) is 76.3 cm³/mol. The highest BCUT2D eigenvalue weighted by Crippen LogP contribution is 2.39. The fraction of sp³-hybridized carbons (Fsp3) is 0.667. The number of aliphatic carboxylic acids is 1. The molecule has 1 unspecified atom stereocenters. The molecule has 1 N–H and O–H groups in total. The highest BCUT2D eigenvalue weighted by Gasteiger charge is 2.33. The van der Waals surface area contributed by atoms with Crippen LogP contribution < -0.4 is 4.90 Å². The van der Waals surface area contributed by atoms with E-state index >= 15 is 0 Å². The van der Waals surface area contributed by atoms with Crippen LogP contribution in [0.15, 0.2) is 0 Å². The lowest BCUT2D eigenvalue weighted by Crippen LogP contribution is -2.26. The van der Waals surface area contributed by atoms with Crippen LogP contribution in [0, 0.1) is 0 Å². The Labute approximate surface area is 121 Å². The molecule has 0 spiro atoms. The first kappa shape index (κ1) is 13.8. The molecule has 1 aromatic rings. The zero-order chi connectivity index (χ0) is 14.3. The number of carboxylic acids is 1. The van der Waals surface area contributed by atoms with Crippen molar-refractivity contribution in [3.05, 3.63) is 10.6 Å². The second-order valence-corrected chi connectivity index (χ2v) is 8.59. The lowest BCUT2D eigenvalue weighted by Gasteiger charge is -2.18.